The van der Waals surface area contributed by atoms with Gasteiger partial charge in [0.2, 0.25) is 0 Å². The van der Waals surface area contributed by atoms with Crippen LogP contribution >= 0.6 is 11.3 Å². The van der Waals surface area contributed by atoms with Gasteiger partial charge in [0.05, 0.1) is 17.1 Å². The minimum Gasteiger partial charge on any atom is -0.455 e. The third-order valence-electron chi connectivity index (χ3n) is 10.6. The van der Waals surface area contributed by atoms with Crippen molar-refractivity contribution < 1.29 is 4.42 Å². The summed E-state index contributed by atoms with van der Waals surface area (Å²) in [4.78, 5) is 14.7. The Bertz CT molecular complexity index is 3220. The van der Waals surface area contributed by atoms with Crippen molar-refractivity contribution in [1.82, 2.24) is 15.0 Å². The smallest absolute Gasteiger partial charge is 0.160 e. The largest absolute Gasteiger partial charge is 0.455 e. The molecule has 0 amide bonds. The van der Waals surface area contributed by atoms with E-state index in [0.717, 1.165) is 72.4 Å². The molecule has 0 atom stereocenters. The Labute approximate surface area is 327 Å². The highest BCUT2D eigenvalue weighted by molar-refractivity contribution is 7.25. The first kappa shape index (κ1) is 32.2. The zero-order valence-electron chi connectivity index (χ0n) is 30.1. The summed E-state index contributed by atoms with van der Waals surface area (Å²) in [5.41, 5.74) is 13.0. The second-order valence-electron chi connectivity index (χ2n) is 13.9. The maximum Gasteiger partial charge on any atom is 0.160 e. The minimum atomic E-state index is 0.684. The van der Waals surface area contributed by atoms with E-state index in [0.29, 0.717) is 5.82 Å². The molecular formula is C51H31N3OS. The Kier molecular flexibility index (Phi) is 7.64. The molecule has 0 aliphatic rings. The van der Waals surface area contributed by atoms with Gasteiger partial charge in [0.25, 0.3) is 0 Å². The molecule has 11 aromatic rings. The molecule has 0 fully saturated rings. The number of rotatable bonds is 6. The van der Waals surface area contributed by atoms with Crippen LogP contribution in [-0.4, -0.2) is 15.0 Å². The fraction of sp³-hybridized carbons (Fsp3) is 0. The highest BCUT2D eigenvalue weighted by Crippen LogP contribution is 2.46. The van der Waals surface area contributed by atoms with E-state index in [-0.39, 0.29) is 0 Å². The van der Waals surface area contributed by atoms with Crippen LogP contribution in [0.4, 0.5) is 0 Å². The molecule has 0 saturated heterocycles. The molecule has 262 valence electrons. The second-order valence-corrected chi connectivity index (χ2v) is 15.0. The number of thiophene rings is 1. The van der Waals surface area contributed by atoms with Crippen molar-refractivity contribution in [1.29, 1.82) is 0 Å². The van der Waals surface area contributed by atoms with Gasteiger partial charge in [-0.15, -0.1) is 11.3 Å². The van der Waals surface area contributed by atoms with Gasteiger partial charge < -0.3 is 4.42 Å². The Hall–Kier alpha value is -7.21. The van der Waals surface area contributed by atoms with Crippen molar-refractivity contribution in [3.8, 4) is 67.4 Å². The topological polar surface area (TPSA) is 51.8 Å². The molecule has 0 saturated carbocycles. The summed E-state index contributed by atoms with van der Waals surface area (Å²) < 4.78 is 9.32. The van der Waals surface area contributed by atoms with Gasteiger partial charge in [-0.05, 0) is 59.2 Å². The van der Waals surface area contributed by atoms with Crippen LogP contribution in [0.3, 0.4) is 0 Å². The molecule has 0 spiro atoms. The highest BCUT2D eigenvalue weighted by atomic mass is 32.1. The summed E-state index contributed by atoms with van der Waals surface area (Å²) in [6, 6.07) is 63.5. The summed E-state index contributed by atoms with van der Waals surface area (Å²) in [6.45, 7) is 0. The van der Waals surface area contributed by atoms with Crippen LogP contribution in [-0.2, 0) is 0 Å². The molecule has 0 N–H and O–H groups in total. The lowest BCUT2D eigenvalue weighted by molar-refractivity contribution is 0.670. The number of fused-ring (bicyclic) bond motifs is 6. The standard InChI is InChI=1S/C51H31N3OS/c1-2-11-36(12-3-1)51-53-43(31-44(54-51)35-26-24-33(25-27-35)42-16-8-9-30-52-42)34-22-20-32(21-23-34)37-28-29-39(49-40-13-4-6-17-45(40)55-50(37)49)38-15-10-19-47-48(38)41-14-5-7-18-46(41)56-47/h1-31H. The molecule has 0 aliphatic heterocycles. The number of aromatic nitrogens is 3. The molecule has 5 heteroatoms. The van der Waals surface area contributed by atoms with E-state index in [1.54, 1.807) is 0 Å². The van der Waals surface area contributed by atoms with Gasteiger partial charge in [0, 0.05) is 65.0 Å². The lowest BCUT2D eigenvalue weighted by atomic mass is 9.92. The van der Waals surface area contributed by atoms with Gasteiger partial charge in [-0.1, -0.05) is 140 Å². The number of benzene rings is 7. The molecule has 0 aliphatic carbocycles. The van der Waals surface area contributed by atoms with E-state index in [2.05, 4.69) is 145 Å². The second kappa shape index (κ2) is 13.3. The Morgan fingerprint density at radius 2 is 1.00 bits per heavy atom. The molecule has 0 radical (unpaired) electrons. The van der Waals surface area contributed by atoms with Crippen molar-refractivity contribution in [2.24, 2.45) is 0 Å². The molecule has 0 bridgehead atoms. The lowest BCUT2D eigenvalue weighted by Gasteiger charge is -2.12. The predicted octanol–water partition coefficient (Wildman–Crippen LogP) is 14.1. The molecule has 11 rings (SSSR count). The number of hydrogen-bond acceptors (Lipinski definition) is 5. The number of nitrogens with zero attached hydrogens (tertiary/aromatic N) is 3. The molecule has 4 aromatic heterocycles. The molecule has 4 nitrogen and oxygen atoms in total. The van der Waals surface area contributed by atoms with Crippen LogP contribution in [0.2, 0.25) is 0 Å². The molecule has 7 aromatic carbocycles. The SMILES string of the molecule is c1ccc(-c2nc(-c3ccc(-c4ccccn4)cc3)cc(-c3ccc(-c4ccc(-c5cccc6sc7ccccc7c56)c5c4oc4ccccc45)cc3)n2)cc1. The average Bonchev–Trinajstić information content (AvgIpc) is 3.86. The first-order chi connectivity index (χ1) is 27.7. The van der Waals surface area contributed by atoms with Crippen LogP contribution in [0.15, 0.2) is 193 Å². The summed E-state index contributed by atoms with van der Waals surface area (Å²) >= 11 is 1.84. The maximum absolute atomic E-state index is 6.74. The van der Waals surface area contributed by atoms with Gasteiger partial charge in [-0.3, -0.25) is 4.98 Å². The van der Waals surface area contributed by atoms with Crippen LogP contribution in [0.5, 0.6) is 0 Å². The first-order valence-corrected chi connectivity index (χ1v) is 19.5. The van der Waals surface area contributed by atoms with E-state index in [1.165, 1.54) is 31.3 Å². The van der Waals surface area contributed by atoms with Gasteiger partial charge in [0.15, 0.2) is 5.82 Å². The van der Waals surface area contributed by atoms with E-state index in [1.807, 2.05) is 60.0 Å². The Morgan fingerprint density at radius 1 is 0.393 bits per heavy atom. The van der Waals surface area contributed by atoms with E-state index >= 15 is 0 Å². The third kappa shape index (κ3) is 5.48. The summed E-state index contributed by atoms with van der Waals surface area (Å²) in [5, 5.41) is 4.82. The summed E-state index contributed by atoms with van der Waals surface area (Å²) in [6.07, 6.45) is 1.82. The monoisotopic (exact) mass is 733 g/mol. The zero-order chi connectivity index (χ0) is 37.0. The number of para-hydroxylation sites is 1. The molecule has 56 heavy (non-hydrogen) atoms. The normalized spacial score (nSPS) is 11.6. The van der Waals surface area contributed by atoms with E-state index in [4.69, 9.17) is 14.4 Å². The quantitative estimate of drug-likeness (QED) is 0.171. The highest BCUT2D eigenvalue weighted by Gasteiger charge is 2.20. The van der Waals surface area contributed by atoms with Crippen molar-refractivity contribution in [3.63, 3.8) is 0 Å². The lowest BCUT2D eigenvalue weighted by Crippen LogP contribution is -1.96. The van der Waals surface area contributed by atoms with Crippen molar-refractivity contribution in [3.05, 3.63) is 188 Å². The van der Waals surface area contributed by atoms with Crippen molar-refractivity contribution in [2.45, 2.75) is 0 Å². The maximum atomic E-state index is 6.74. The minimum absolute atomic E-state index is 0.684. The number of furan rings is 1. The molecular weight excluding hydrogens is 703 g/mol. The van der Waals surface area contributed by atoms with Crippen LogP contribution in [0, 0.1) is 0 Å². The zero-order valence-corrected chi connectivity index (χ0v) is 30.9. The van der Waals surface area contributed by atoms with E-state index < -0.39 is 0 Å². The van der Waals surface area contributed by atoms with Crippen LogP contribution in [0.1, 0.15) is 0 Å². The van der Waals surface area contributed by atoms with Crippen LogP contribution < -0.4 is 0 Å². The summed E-state index contributed by atoms with van der Waals surface area (Å²) in [7, 11) is 0. The third-order valence-corrected chi connectivity index (χ3v) is 11.7. The van der Waals surface area contributed by atoms with Gasteiger partial charge in [0.1, 0.15) is 11.2 Å². The Morgan fingerprint density at radius 3 is 1.75 bits per heavy atom. The number of hydrogen-bond donors (Lipinski definition) is 0. The number of pyridine rings is 1. The van der Waals surface area contributed by atoms with Gasteiger partial charge >= 0.3 is 0 Å². The fourth-order valence-corrected chi connectivity index (χ4v) is 9.04. The molecule has 4 heterocycles. The van der Waals surface area contributed by atoms with Gasteiger partial charge in [-0.2, -0.15) is 0 Å². The predicted molar refractivity (Wildman–Crippen MR) is 233 cm³/mol. The average molecular weight is 734 g/mol. The van der Waals surface area contributed by atoms with E-state index in [9.17, 15) is 0 Å². The Balaban J connectivity index is 1.02. The summed E-state index contributed by atoms with van der Waals surface area (Å²) in [5.74, 6) is 0.684. The fourth-order valence-electron chi connectivity index (χ4n) is 7.90. The molecule has 0 unspecified atom stereocenters. The van der Waals surface area contributed by atoms with Crippen LogP contribution in [0.25, 0.3) is 110 Å². The van der Waals surface area contributed by atoms with Crippen molar-refractivity contribution >= 4 is 53.4 Å². The van der Waals surface area contributed by atoms with Crippen molar-refractivity contribution in [2.75, 3.05) is 0 Å². The van der Waals surface area contributed by atoms with Gasteiger partial charge in [-0.25, -0.2) is 9.97 Å². The first-order valence-electron chi connectivity index (χ1n) is 18.7.